The summed E-state index contributed by atoms with van der Waals surface area (Å²) in [5, 5.41) is 3.26. The molecule has 12 rings (SSSR count). The molecule has 1 aliphatic heterocycles. The molecule has 1 unspecified atom stereocenters. The summed E-state index contributed by atoms with van der Waals surface area (Å²) in [5.41, 5.74) is 18.7. The standard InChI is InChI=1S/C59H40N4/c1-63-53-26-14-10-22-47(53)56(48-23-11-15-27-54(48)63)41-28-32-42(33-29-41)57-50-37-44(38-16-4-2-5-17-38)36-49(39-18-6-3-7-19-39)58(50)62-59(61-57)43-34-30-40(31-35-43)55-45-20-8-12-24-51(45)60-52-25-13-9-21-46(52)55/h2-37,53H,1H3. The van der Waals surface area contributed by atoms with E-state index in [0.29, 0.717) is 5.82 Å². The van der Waals surface area contributed by atoms with Crippen molar-refractivity contribution in [2.45, 2.75) is 6.04 Å². The van der Waals surface area contributed by atoms with Gasteiger partial charge in [-0.15, -0.1) is 0 Å². The molecule has 0 spiro atoms. The van der Waals surface area contributed by atoms with Crippen molar-refractivity contribution in [3.05, 3.63) is 235 Å². The number of anilines is 1. The summed E-state index contributed by atoms with van der Waals surface area (Å²) in [5.74, 6) is 0.679. The first-order valence-corrected chi connectivity index (χ1v) is 21.5. The first kappa shape index (κ1) is 36.6. The van der Waals surface area contributed by atoms with Crippen LogP contribution < -0.4 is 4.90 Å². The van der Waals surface area contributed by atoms with Crippen LogP contribution in [0.2, 0.25) is 0 Å². The van der Waals surface area contributed by atoms with Gasteiger partial charge < -0.3 is 4.90 Å². The van der Waals surface area contributed by atoms with Crippen LogP contribution in [0.4, 0.5) is 5.69 Å². The van der Waals surface area contributed by atoms with Crippen molar-refractivity contribution in [2.24, 2.45) is 0 Å². The summed E-state index contributed by atoms with van der Waals surface area (Å²) >= 11 is 0. The Morgan fingerprint density at radius 1 is 0.429 bits per heavy atom. The monoisotopic (exact) mass is 804 g/mol. The van der Waals surface area contributed by atoms with Gasteiger partial charge in [0.25, 0.3) is 0 Å². The van der Waals surface area contributed by atoms with E-state index in [1.807, 2.05) is 0 Å². The van der Waals surface area contributed by atoms with Gasteiger partial charge in [0.1, 0.15) is 0 Å². The summed E-state index contributed by atoms with van der Waals surface area (Å²) in [6.07, 6.45) is 8.86. The zero-order valence-electron chi connectivity index (χ0n) is 34.7. The van der Waals surface area contributed by atoms with Gasteiger partial charge in [0, 0.05) is 56.7 Å². The van der Waals surface area contributed by atoms with Crippen LogP contribution in [0.1, 0.15) is 11.1 Å². The molecule has 1 aliphatic carbocycles. The summed E-state index contributed by atoms with van der Waals surface area (Å²) < 4.78 is 0. The second kappa shape index (κ2) is 15.1. The van der Waals surface area contributed by atoms with Gasteiger partial charge in [-0.05, 0) is 69.3 Å². The molecule has 4 heteroatoms. The number of nitrogens with zero attached hydrogens (tertiary/aromatic N) is 4. The number of hydrogen-bond donors (Lipinski definition) is 0. The lowest BCUT2D eigenvalue weighted by atomic mass is 9.82. The fourth-order valence-electron chi connectivity index (χ4n) is 9.67. The van der Waals surface area contributed by atoms with E-state index in [4.69, 9.17) is 15.0 Å². The summed E-state index contributed by atoms with van der Waals surface area (Å²) in [6.45, 7) is 0. The summed E-state index contributed by atoms with van der Waals surface area (Å²) in [4.78, 5) is 18.3. The van der Waals surface area contributed by atoms with Crippen LogP contribution in [-0.4, -0.2) is 28.0 Å². The molecule has 8 aromatic carbocycles. The molecule has 0 saturated heterocycles. The molecule has 3 heterocycles. The Labute approximate surface area is 366 Å². The summed E-state index contributed by atoms with van der Waals surface area (Å²) in [6, 6.07) is 69.3. The molecule has 4 nitrogen and oxygen atoms in total. The Morgan fingerprint density at radius 2 is 1.03 bits per heavy atom. The number of likely N-dealkylation sites (N-methyl/N-ethyl adjacent to an activating group) is 1. The molecule has 2 aromatic heterocycles. The highest BCUT2D eigenvalue weighted by molar-refractivity contribution is 6.10. The van der Waals surface area contributed by atoms with E-state index in [9.17, 15) is 0 Å². The number of fused-ring (bicyclic) bond motifs is 5. The number of rotatable bonds is 6. The van der Waals surface area contributed by atoms with Crippen molar-refractivity contribution in [2.75, 3.05) is 11.9 Å². The maximum Gasteiger partial charge on any atom is 0.160 e. The van der Waals surface area contributed by atoms with Crippen molar-refractivity contribution in [1.82, 2.24) is 15.0 Å². The Bertz CT molecular complexity index is 3440. The smallest absolute Gasteiger partial charge is 0.160 e. The first-order valence-electron chi connectivity index (χ1n) is 21.5. The molecule has 0 fully saturated rings. The fourth-order valence-corrected chi connectivity index (χ4v) is 9.67. The van der Waals surface area contributed by atoms with Gasteiger partial charge in [-0.1, -0.05) is 188 Å². The van der Waals surface area contributed by atoms with E-state index in [1.165, 1.54) is 33.5 Å². The van der Waals surface area contributed by atoms with Gasteiger partial charge >= 0.3 is 0 Å². The minimum atomic E-state index is 0.170. The lowest BCUT2D eigenvalue weighted by Crippen LogP contribution is -2.36. The van der Waals surface area contributed by atoms with E-state index in [-0.39, 0.29) is 6.04 Å². The van der Waals surface area contributed by atoms with Crippen molar-refractivity contribution in [3.63, 3.8) is 0 Å². The second-order valence-corrected chi connectivity index (χ2v) is 16.4. The highest BCUT2D eigenvalue weighted by Crippen LogP contribution is 2.44. The molecule has 0 radical (unpaired) electrons. The Kier molecular flexibility index (Phi) is 8.75. The quantitative estimate of drug-likeness (QED) is 0.157. The van der Waals surface area contributed by atoms with Crippen molar-refractivity contribution < 1.29 is 0 Å². The molecule has 0 amide bonds. The minimum Gasteiger partial charge on any atom is -0.364 e. The number of pyridine rings is 1. The molecule has 10 aromatic rings. The predicted molar refractivity (Wildman–Crippen MR) is 262 cm³/mol. The average molecular weight is 805 g/mol. The topological polar surface area (TPSA) is 41.9 Å². The fraction of sp³-hybridized carbons (Fsp3) is 0.0339. The van der Waals surface area contributed by atoms with E-state index < -0.39 is 0 Å². The minimum absolute atomic E-state index is 0.170. The molecular weight excluding hydrogens is 765 g/mol. The number of allylic oxidation sites excluding steroid dienone is 2. The molecule has 2 aliphatic rings. The van der Waals surface area contributed by atoms with Crippen LogP contribution in [-0.2, 0) is 0 Å². The average Bonchev–Trinajstić information content (AvgIpc) is 3.36. The van der Waals surface area contributed by atoms with E-state index >= 15 is 0 Å². The van der Waals surface area contributed by atoms with Crippen LogP contribution in [0.25, 0.3) is 94.3 Å². The maximum atomic E-state index is 5.51. The van der Waals surface area contributed by atoms with Crippen molar-refractivity contribution in [3.8, 4) is 56.0 Å². The highest BCUT2D eigenvalue weighted by atomic mass is 15.1. The zero-order chi connectivity index (χ0) is 41.9. The molecule has 63 heavy (non-hydrogen) atoms. The lowest BCUT2D eigenvalue weighted by Gasteiger charge is -2.38. The second-order valence-electron chi connectivity index (χ2n) is 16.4. The third-order valence-corrected chi connectivity index (χ3v) is 12.7. The molecule has 296 valence electrons. The van der Waals surface area contributed by atoms with Crippen LogP contribution in [0.3, 0.4) is 0 Å². The van der Waals surface area contributed by atoms with Crippen molar-refractivity contribution >= 4 is 44.0 Å². The SMILES string of the molecule is CN1c2ccccc2C(c2ccc(-c3nc(-c4ccc(-c5c6ccccc6nc6ccccc56)cc4)nc4c(-c5ccccc5)cc(-c5ccccc5)cc34)cc2)=C2C=CC=CC21. The molecule has 1 atom stereocenters. The van der Waals surface area contributed by atoms with Crippen LogP contribution in [0.5, 0.6) is 0 Å². The first-order chi connectivity index (χ1) is 31.2. The zero-order valence-corrected chi connectivity index (χ0v) is 34.7. The molecular formula is C59H40N4. The molecule has 0 saturated carbocycles. The van der Waals surface area contributed by atoms with E-state index in [0.717, 1.165) is 77.3 Å². The molecule has 0 N–H and O–H groups in total. The number of benzene rings is 8. The van der Waals surface area contributed by atoms with Crippen LogP contribution >= 0.6 is 0 Å². The molecule has 0 bridgehead atoms. The van der Waals surface area contributed by atoms with Crippen molar-refractivity contribution in [1.29, 1.82) is 0 Å². The van der Waals surface area contributed by atoms with Gasteiger partial charge in [0.05, 0.1) is 28.3 Å². The largest absolute Gasteiger partial charge is 0.364 e. The maximum absolute atomic E-state index is 5.51. The highest BCUT2D eigenvalue weighted by Gasteiger charge is 2.30. The predicted octanol–water partition coefficient (Wildman–Crippen LogP) is 14.4. The third-order valence-electron chi connectivity index (χ3n) is 12.7. The Hall–Kier alpha value is -8.21. The number of aromatic nitrogens is 3. The van der Waals surface area contributed by atoms with Crippen LogP contribution in [0.15, 0.2) is 224 Å². The van der Waals surface area contributed by atoms with Gasteiger partial charge in [-0.25, -0.2) is 15.0 Å². The number of para-hydroxylation sites is 3. The van der Waals surface area contributed by atoms with Gasteiger partial charge in [-0.3, -0.25) is 0 Å². The normalized spacial score (nSPS) is 14.4. The third kappa shape index (κ3) is 6.26. The van der Waals surface area contributed by atoms with Gasteiger partial charge in [-0.2, -0.15) is 0 Å². The van der Waals surface area contributed by atoms with Crippen LogP contribution in [0, 0.1) is 0 Å². The Morgan fingerprint density at radius 3 is 1.76 bits per heavy atom. The number of hydrogen-bond acceptors (Lipinski definition) is 4. The van der Waals surface area contributed by atoms with Gasteiger partial charge in [0.15, 0.2) is 5.82 Å². The van der Waals surface area contributed by atoms with E-state index in [2.05, 4.69) is 230 Å². The lowest BCUT2D eigenvalue weighted by molar-refractivity contribution is 0.847. The van der Waals surface area contributed by atoms with Gasteiger partial charge in [0.2, 0.25) is 0 Å². The van der Waals surface area contributed by atoms with E-state index in [1.54, 1.807) is 0 Å². The summed E-state index contributed by atoms with van der Waals surface area (Å²) in [7, 11) is 2.19. The Balaban J connectivity index is 1.06.